The highest BCUT2D eigenvalue weighted by Gasteiger charge is 2.15. The number of ether oxygens (including phenoxy) is 1. The van der Waals surface area contributed by atoms with E-state index in [-0.39, 0.29) is 0 Å². The second-order valence-corrected chi connectivity index (χ2v) is 5.71. The van der Waals surface area contributed by atoms with Gasteiger partial charge in [0.25, 0.3) is 0 Å². The zero-order chi connectivity index (χ0) is 13.2. The minimum Gasteiger partial charge on any atom is -0.376 e. The first kappa shape index (κ1) is 13.1. The van der Waals surface area contributed by atoms with Gasteiger partial charge >= 0.3 is 0 Å². The van der Waals surface area contributed by atoms with E-state index in [9.17, 15) is 0 Å². The third-order valence-corrected chi connectivity index (χ3v) is 4.08. The number of aromatic nitrogens is 3. The van der Waals surface area contributed by atoms with E-state index in [2.05, 4.69) is 9.97 Å². The van der Waals surface area contributed by atoms with E-state index in [4.69, 9.17) is 28.6 Å². The first-order valence-corrected chi connectivity index (χ1v) is 7.38. The van der Waals surface area contributed by atoms with E-state index in [0.29, 0.717) is 22.5 Å². The van der Waals surface area contributed by atoms with E-state index < -0.39 is 0 Å². The Morgan fingerprint density at radius 1 is 1.47 bits per heavy atom. The molecular formula is C13H16ClN3OS. The molecule has 0 aromatic carbocycles. The molecule has 3 rings (SSSR count). The average Bonchev–Trinajstić information content (AvgIpc) is 2.98. The maximum absolute atomic E-state index is 5.92. The van der Waals surface area contributed by atoms with Crippen molar-refractivity contribution in [3.8, 4) is 0 Å². The van der Waals surface area contributed by atoms with Gasteiger partial charge in [-0.3, -0.25) is 4.57 Å². The molecule has 0 saturated heterocycles. The van der Waals surface area contributed by atoms with Gasteiger partial charge < -0.3 is 9.72 Å². The number of pyridine rings is 1. The van der Waals surface area contributed by atoms with E-state index in [1.54, 1.807) is 6.20 Å². The molecule has 0 amide bonds. The van der Waals surface area contributed by atoms with Gasteiger partial charge in [0.2, 0.25) is 0 Å². The standard InChI is InChI=1S/C13H16ClN3OS/c14-9-7-11-12(15-8-9)17(13(19)16-11)5-6-18-10-3-1-2-4-10/h7-8,10H,1-6H2,(H,16,19). The number of fused-ring (bicyclic) bond motifs is 1. The van der Waals surface area contributed by atoms with Gasteiger partial charge in [0.05, 0.1) is 29.8 Å². The Morgan fingerprint density at radius 3 is 3.05 bits per heavy atom. The fourth-order valence-electron chi connectivity index (χ4n) is 2.59. The van der Waals surface area contributed by atoms with Gasteiger partial charge in [0.15, 0.2) is 10.4 Å². The summed E-state index contributed by atoms with van der Waals surface area (Å²) < 4.78 is 8.50. The first-order valence-electron chi connectivity index (χ1n) is 6.60. The fraction of sp³-hybridized carbons (Fsp3) is 0.538. The second kappa shape index (κ2) is 5.61. The van der Waals surface area contributed by atoms with E-state index in [1.165, 1.54) is 25.7 Å². The number of nitrogens with zero attached hydrogens (tertiary/aromatic N) is 2. The summed E-state index contributed by atoms with van der Waals surface area (Å²) in [6.07, 6.45) is 7.03. The van der Waals surface area contributed by atoms with Crippen LogP contribution in [0.3, 0.4) is 0 Å². The molecule has 19 heavy (non-hydrogen) atoms. The normalized spacial score (nSPS) is 16.5. The highest BCUT2D eigenvalue weighted by Crippen LogP contribution is 2.21. The fourth-order valence-corrected chi connectivity index (χ4v) is 3.04. The summed E-state index contributed by atoms with van der Waals surface area (Å²) in [7, 11) is 0. The van der Waals surface area contributed by atoms with E-state index in [0.717, 1.165) is 17.7 Å². The Morgan fingerprint density at radius 2 is 2.26 bits per heavy atom. The molecule has 0 aliphatic heterocycles. The van der Waals surface area contributed by atoms with Gasteiger partial charge in [0, 0.05) is 6.20 Å². The summed E-state index contributed by atoms with van der Waals surface area (Å²) in [6.45, 7) is 1.40. The summed E-state index contributed by atoms with van der Waals surface area (Å²) in [5.41, 5.74) is 1.71. The van der Waals surface area contributed by atoms with Crippen molar-refractivity contribution in [2.45, 2.75) is 38.3 Å². The second-order valence-electron chi connectivity index (χ2n) is 4.88. The quantitative estimate of drug-likeness (QED) is 0.875. The van der Waals surface area contributed by atoms with Gasteiger partial charge in [-0.1, -0.05) is 24.4 Å². The van der Waals surface area contributed by atoms with Crippen molar-refractivity contribution in [2.75, 3.05) is 6.61 Å². The molecule has 1 N–H and O–H groups in total. The van der Waals surface area contributed by atoms with Crippen molar-refractivity contribution in [1.82, 2.24) is 14.5 Å². The lowest BCUT2D eigenvalue weighted by Crippen LogP contribution is -2.13. The van der Waals surface area contributed by atoms with Gasteiger partial charge in [-0.2, -0.15) is 0 Å². The zero-order valence-corrected chi connectivity index (χ0v) is 12.1. The van der Waals surface area contributed by atoms with Crippen molar-refractivity contribution >= 4 is 35.0 Å². The van der Waals surface area contributed by atoms with Crippen LogP contribution in [0.4, 0.5) is 0 Å². The van der Waals surface area contributed by atoms with Gasteiger partial charge in [-0.15, -0.1) is 0 Å². The number of halogens is 1. The summed E-state index contributed by atoms with van der Waals surface area (Å²) in [4.78, 5) is 7.45. The summed E-state index contributed by atoms with van der Waals surface area (Å²) in [5.74, 6) is 0. The van der Waals surface area contributed by atoms with Crippen LogP contribution >= 0.6 is 23.8 Å². The number of imidazole rings is 1. The molecule has 102 valence electrons. The molecule has 2 aromatic heterocycles. The van der Waals surface area contributed by atoms with Gasteiger partial charge in [-0.05, 0) is 31.1 Å². The van der Waals surface area contributed by atoms with Crippen LogP contribution in [0.1, 0.15) is 25.7 Å². The van der Waals surface area contributed by atoms with Crippen molar-refractivity contribution in [1.29, 1.82) is 0 Å². The predicted molar refractivity (Wildman–Crippen MR) is 78.1 cm³/mol. The first-order chi connectivity index (χ1) is 9.24. The van der Waals surface area contributed by atoms with E-state index in [1.807, 2.05) is 10.6 Å². The van der Waals surface area contributed by atoms with Crippen LogP contribution in [-0.4, -0.2) is 27.2 Å². The van der Waals surface area contributed by atoms with Crippen LogP contribution < -0.4 is 0 Å². The third kappa shape index (κ3) is 2.83. The lowest BCUT2D eigenvalue weighted by atomic mass is 10.3. The van der Waals surface area contributed by atoms with Crippen LogP contribution in [0.25, 0.3) is 11.2 Å². The minimum absolute atomic E-state index is 0.432. The zero-order valence-electron chi connectivity index (χ0n) is 10.6. The number of aromatic amines is 1. The number of rotatable bonds is 4. The molecular weight excluding hydrogens is 282 g/mol. The highest BCUT2D eigenvalue weighted by molar-refractivity contribution is 7.71. The number of hydrogen-bond acceptors (Lipinski definition) is 3. The molecule has 0 atom stereocenters. The van der Waals surface area contributed by atoms with Crippen LogP contribution in [0, 0.1) is 4.77 Å². The molecule has 0 spiro atoms. The summed E-state index contributed by atoms with van der Waals surface area (Å²) in [6, 6.07) is 1.84. The molecule has 2 heterocycles. The Hall–Kier alpha value is -0.910. The Labute approximate surface area is 121 Å². The minimum atomic E-state index is 0.432. The van der Waals surface area contributed by atoms with Crippen LogP contribution in [0.5, 0.6) is 0 Å². The smallest absolute Gasteiger partial charge is 0.179 e. The van der Waals surface area contributed by atoms with E-state index >= 15 is 0 Å². The lowest BCUT2D eigenvalue weighted by Gasteiger charge is -2.11. The Kier molecular flexibility index (Phi) is 3.86. The van der Waals surface area contributed by atoms with Crippen molar-refractivity contribution in [2.24, 2.45) is 0 Å². The molecule has 1 fully saturated rings. The van der Waals surface area contributed by atoms with Crippen molar-refractivity contribution in [3.63, 3.8) is 0 Å². The molecule has 0 radical (unpaired) electrons. The maximum atomic E-state index is 5.92. The number of H-pyrrole nitrogens is 1. The summed E-state index contributed by atoms with van der Waals surface area (Å²) in [5, 5.41) is 0.609. The molecule has 0 bridgehead atoms. The molecule has 1 saturated carbocycles. The maximum Gasteiger partial charge on any atom is 0.179 e. The number of nitrogens with one attached hydrogen (secondary N) is 1. The van der Waals surface area contributed by atoms with Gasteiger partial charge in [0.1, 0.15) is 0 Å². The third-order valence-electron chi connectivity index (χ3n) is 3.55. The monoisotopic (exact) mass is 297 g/mol. The SMILES string of the molecule is S=c1[nH]c2cc(Cl)cnc2n1CCOC1CCCC1. The lowest BCUT2D eigenvalue weighted by molar-refractivity contribution is 0.0532. The Bertz CT molecular complexity index is 630. The number of hydrogen-bond donors (Lipinski definition) is 1. The van der Waals surface area contributed by atoms with Crippen LogP contribution in [0.15, 0.2) is 12.3 Å². The summed E-state index contributed by atoms with van der Waals surface area (Å²) >= 11 is 11.2. The molecule has 1 aliphatic carbocycles. The molecule has 0 unspecified atom stereocenters. The van der Waals surface area contributed by atoms with Gasteiger partial charge in [-0.25, -0.2) is 4.98 Å². The topological polar surface area (TPSA) is 42.8 Å². The molecule has 2 aromatic rings. The molecule has 4 nitrogen and oxygen atoms in total. The molecule has 1 aliphatic rings. The van der Waals surface area contributed by atoms with Crippen molar-refractivity contribution < 1.29 is 4.74 Å². The Balaban J connectivity index is 1.73. The predicted octanol–water partition coefficient (Wildman–Crippen LogP) is 3.71. The van der Waals surface area contributed by atoms with Crippen molar-refractivity contribution in [3.05, 3.63) is 22.1 Å². The molecule has 6 heteroatoms. The van der Waals surface area contributed by atoms with Crippen LogP contribution in [0.2, 0.25) is 5.02 Å². The highest BCUT2D eigenvalue weighted by atomic mass is 35.5. The largest absolute Gasteiger partial charge is 0.376 e. The average molecular weight is 298 g/mol. The van der Waals surface area contributed by atoms with Crippen LogP contribution in [-0.2, 0) is 11.3 Å².